The van der Waals surface area contributed by atoms with Gasteiger partial charge in [-0.15, -0.1) is 5.10 Å². The Morgan fingerprint density at radius 3 is 2.52 bits per heavy atom. The summed E-state index contributed by atoms with van der Waals surface area (Å²) in [6.45, 7) is 2.12. The number of hydrogen-bond acceptors (Lipinski definition) is 5. The molecule has 3 aromatic rings. The summed E-state index contributed by atoms with van der Waals surface area (Å²) in [7, 11) is 0. The molecule has 12 heteroatoms. The van der Waals surface area contributed by atoms with E-state index in [-0.39, 0.29) is 17.0 Å². The molecule has 154 valence electrons. The number of hydrogen-bond donors (Lipinski definition) is 2. The van der Waals surface area contributed by atoms with Crippen molar-refractivity contribution < 1.29 is 31.9 Å². The Kier molecular flexibility index (Phi) is 4.99. The Balaban J connectivity index is 1.89. The van der Waals surface area contributed by atoms with Crippen LogP contribution in [0.2, 0.25) is 0 Å². The van der Waals surface area contributed by atoms with Gasteiger partial charge in [0.05, 0.1) is 6.54 Å². The molecule has 0 spiro atoms. The average Bonchev–Trinajstić information content (AvgIpc) is 3.03. The number of carbonyl (C=O) groups is 1. The highest BCUT2D eigenvalue weighted by molar-refractivity contribution is 5.93. The lowest BCUT2D eigenvalue weighted by atomic mass is 9.95. The van der Waals surface area contributed by atoms with Crippen LogP contribution in [0.1, 0.15) is 34.5 Å². The molecule has 0 saturated carbocycles. The second-order valence-corrected chi connectivity index (χ2v) is 6.51. The van der Waals surface area contributed by atoms with Gasteiger partial charge in [0.2, 0.25) is 0 Å². The number of amides is 1. The van der Waals surface area contributed by atoms with Gasteiger partial charge in [-0.2, -0.15) is 22.7 Å². The first-order valence-electron chi connectivity index (χ1n) is 8.16. The summed E-state index contributed by atoms with van der Waals surface area (Å²) in [5.74, 6) is -4.66. The molecule has 0 aliphatic rings. The van der Waals surface area contributed by atoms with Crippen molar-refractivity contribution in [1.82, 2.24) is 24.9 Å². The molecule has 2 aromatic heterocycles. The van der Waals surface area contributed by atoms with E-state index in [0.717, 1.165) is 12.1 Å². The zero-order valence-electron chi connectivity index (χ0n) is 15.1. The van der Waals surface area contributed by atoms with E-state index in [0.29, 0.717) is 10.6 Å². The second kappa shape index (κ2) is 7.03. The Morgan fingerprint density at radius 2 is 1.90 bits per heavy atom. The zero-order chi connectivity index (χ0) is 21.6. The number of halogens is 5. The Morgan fingerprint density at radius 1 is 1.21 bits per heavy atom. The number of nitrogens with one attached hydrogen (secondary N) is 1. The number of aromatic nitrogens is 4. The van der Waals surface area contributed by atoms with Gasteiger partial charge in [-0.3, -0.25) is 4.79 Å². The van der Waals surface area contributed by atoms with Crippen molar-refractivity contribution in [2.75, 3.05) is 6.54 Å². The first-order chi connectivity index (χ1) is 13.4. The molecule has 0 fully saturated rings. The summed E-state index contributed by atoms with van der Waals surface area (Å²) >= 11 is 0. The molecule has 29 heavy (non-hydrogen) atoms. The molecule has 0 aliphatic heterocycles. The Hall–Kier alpha value is -3.15. The lowest BCUT2D eigenvalue weighted by molar-refractivity contribution is -0.144. The summed E-state index contributed by atoms with van der Waals surface area (Å²) in [6, 6.07) is 3.73. The van der Waals surface area contributed by atoms with Crippen molar-refractivity contribution in [3.05, 3.63) is 58.7 Å². The maximum Gasteiger partial charge on any atom is 0.453 e. The van der Waals surface area contributed by atoms with E-state index in [1.165, 1.54) is 19.9 Å². The minimum atomic E-state index is -4.83. The van der Waals surface area contributed by atoms with Crippen LogP contribution >= 0.6 is 0 Å². The fourth-order valence-electron chi connectivity index (χ4n) is 2.63. The fraction of sp³-hybridized carbons (Fsp3) is 0.294. The monoisotopic (exact) mass is 415 g/mol. The molecule has 2 N–H and O–H groups in total. The third-order valence-corrected chi connectivity index (χ3v) is 4.03. The molecule has 3 rings (SSSR count). The van der Waals surface area contributed by atoms with Crippen LogP contribution in [0.4, 0.5) is 22.0 Å². The van der Waals surface area contributed by atoms with Crippen LogP contribution in [0.5, 0.6) is 0 Å². The SMILES string of the molecule is Cc1cc(C(=O)NCC(C)(O)c2ccc(F)cc2F)n2nc(C(F)(F)F)nc2n1. The van der Waals surface area contributed by atoms with Crippen LogP contribution in [0.3, 0.4) is 0 Å². The molecular formula is C17H14F5N5O2. The predicted molar refractivity (Wildman–Crippen MR) is 88.8 cm³/mol. The summed E-state index contributed by atoms with van der Waals surface area (Å²) in [5, 5.41) is 16.0. The van der Waals surface area contributed by atoms with Crippen molar-refractivity contribution in [2.24, 2.45) is 0 Å². The minimum Gasteiger partial charge on any atom is -0.383 e. The van der Waals surface area contributed by atoms with Crippen LogP contribution in [-0.4, -0.2) is 37.1 Å². The van der Waals surface area contributed by atoms with Crippen molar-refractivity contribution in [2.45, 2.75) is 25.6 Å². The van der Waals surface area contributed by atoms with Crippen LogP contribution in [0, 0.1) is 18.6 Å². The number of nitrogens with zero attached hydrogens (tertiary/aromatic N) is 4. The minimum absolute atomic E-state index is 0.208. The highest BCUT2D eigenvalue weighted by Crippen LogP contribution is 2.27. The topological polar surface area (TPSA) is 92.4 Å². The van der Waals surface area contributed by atoms with E-state index in [1.54, 1.807) is 0 Å². The van der Waals surface area contributed by atoms with Gasteiger partial charge in [-0.1, -0.05) is 6.07 Å². The van der Waals surface area contributed by atoms with Crippen LogP contribution in [0.25, 0.3) is 5.78 Å². The van der Waals surface area contributed by atoms with Crippen molar-refractivity contribution in [3.8, 4) is 0 Å². The van der Waals surface area contributed by atoms with Crippen LogP contribution < -0.4 is 5.32 Å². The molecule has 0 radical (unpaired) electrons. The highest BCUT2D eigenvalue weighted by atomic mass is 19.4. The predicted octanol–water partition coefficient (Wildman–Crippen LogP) is 2.37. The normalized spacial score (nSPS) is 14.1. The number of aryl methyl sites for hydroxylation is 1. The summed E-state index contributed by atoms with van der Waals surface area (Å²) < 4.78 is 66.2. The van der Waals surface area contributed by atoms with Gasteiger partial charge in [-0.25, -0.2) is 13.8 Å². The van der Waals surface area contributed by atoms with E-state index in [1.807, 2.05) is 0 Å². The molecule has 1 amide bonds. The number of rotatable bonds is 4. The van der Waals surface area contributed by atoms with Gasteiger partial charge < -0.3 is 10.4 Å². The van der Waals surface area contributed by atoms with Crippen molar-refractivity contribution in [3.63, 3.8) is 0 Å². The van der Waals surface area contributed by atoms with E-state index in [9.17, 15) is 31.9 Å². The highest BCUT2D eigenvalue weighted by Gasteiger charge is 2.37. The number of aliphatic hydroxyl groups is 1. The quantitative estimate of drug-likeness (QED) is 0.639. The summed E-state index contributed by atoms with van der Waals surface area (Å²) in [5.41, 5.74) is -2.30. The first kappa shape index (κ1) is 20.6. The lowest BCUT2D eigenvalue weighted by Gasteiger charge is -2.24. The van der Waals surface area contributed by atoms with Gasteiger partial charge >= 0.3 is 6.18 Å². The smallest absolute Gasteiger partial charge is 0.383 e. The van der Waals surface area contributed by atoms with Crippen molar-refractivity contribution in [1.29, 1.82) is 0 Å². The summed E-state index contributed by atoms with van der Waals surface area (Å²) in [6.07, 6.45) is -4.83. The van der Waals surface area contributed by atoms with Crippen LogP contribution in [0.15, 0.2) is 24.3 Å². The maximum absolute atomic E-state index is 13.9. The molecular weight excluding hydrogens is 401 g/mol. The Labute approximate surface area is 160 Å². The fourth-order valence-corrected chi connectivity index (χ4v) is 2.63. The van der Waals surface area contributed by atoms with Gasteiger partial charge in [0.1, 0.15) is 22.9 Å². The standard InChI is InChI=1S/C17H14F5N5O2/c1-8-5-12(27-15(24-8)25-14(26-27)17(20,21)22)13(28)23-7-16(2,29)10-4-3-9(18)6-11(10)19/h3-6,29H,7H2,1-2H3,(H,23,28). The van der Waals surface area contributed by atoms with E-state index in [2.05, 4.69) is 20.4 Å². The second-order valence-electron chi connectivity index (χ2n) is 6.51. The first-order valence-corrected chi connectivity index (χ1v) is 8.16. The van der Waals surface area contributed by atoms with Crippen LogP contribution in [-0.2, 0) is 11.8 Å². The van der Waals surface area contributed by atoms with Gasteiger partial charge in [0.15, 0.2) is 0 Å². The Bertz CT molecular complexity index is 1090. The van der Waals surface area contributed by atoms with Gasteiger partial charge in [-0.05, 0) is 26.0 Å². The molecule has 1 aromatic carbocycles. The zero-order valence-corrected chi connectivity index (χ0v) is 15.1. The third-order valence-electron chi connectivity index (χ3n) is 4.03. The molecule has 0 aliphatic carbocycles. The van der Waals surface area contributed by atoms with Gasteiger partial charge in [0.25, 0.3) is 17.5 Å². The molecule has 0 saturated heterocycles. The third kappa shape index (κ3) is 4.16. The van der Waals surface area contributed by atoms with E-state index < -0.39 is 47.5 Å². The molecule has 7 nitrogen and oxygen atoms in total. The molecule has 1 atom stereocenters. The van der Waals surface area contributed by atoms with E-state index >= 15 is 0 Å². The largest absolute Gasteiger partial charge is 0.453 e. The number of alkyl halides is 3. The molecule has 0 bridgehead atoms. The van der Waals surface area contributed by atoms with E-state index in [4.69, 9.17) is 0 Å². The number of fused-ring (bicyclic) bond motifs is 1. The number of benzene rings is 1. The van der Waals surface area contributed by atoms with Gasteiger partial charge in [0, 0.05) is 17.3 Å². The lowest BCUT2D eigenvalue weighted by Crippen LogP contribution is -2.40. The molecule has 2 heterocycles. The number of carbonyl (C=O) groups excluding carboxylic acids is 1. The van der Waals surface area contributed by atoms with Crippen molar-refractivity contribution >= 4 is 11.7 Å². The maximum atomic E-state index is 13.9. The molecule has 1 unspecified atom stereocenters. The average molecular weight is 415 g/mol. The summed E-state index contributed by atoms with van der Waals surface area (Å²) in [4.78, 5) is 19.6.